The van der Waals surface area contributed by atoms with E-state index in [2.05, 4.69) is 76.3 Å². The molecule has 2 spiro atoms. The molecular weight excluding hydrogens is 495 g/mol. The van der Waals surface area contributed by atoms with Gasteiger partial charge in [0.15, 0.2) is 5.78 Å². The molecule has 2 nitrogen and oxygen atoms in total. The van der Waals surface area contributed by atoms with Gasteiger partial charge in [0.05, 0.1) is 9.34 Å². The van der Waals surface area contributed by atoms with Gasteiger partial charge in [-0.1, -0.05) is 76.3 Å². The van der Waals surface area contributed by atoms with Crippen LogP contribution in [0.4, 0.5) is 0 Å². The Morgan fingerprint density at radius 2 is 1.65 bits per heavy atom. The van der Waals surface area contributed by atoms with Crippen molar-refractivity contribution in [1.82, 2.24) is 0 Å². The van der Waals surface area contributed by atoms with Gasteiger partial charge in [-0.2, -0.15) is 0 Å². The Kier molecular flexibility index (Phi) is 5.04. The van der Waals surface area contributed by atoms with Crippen molar-refractivity contribution in [2.24, 2.45) is 57.2 Å². The van der Waals surface area contributed by atoms with E-state index >= 15 is 0 Å². The molecule has 0 aromatic heterocycles. The Morgan fingerprint density at radius 1 is 0.968 bits per heavy atom. The minimum absolute atomic E-state index is 0.0525. The van der Waals surface area contributed by atoms with E-state index in [9.17, 15) is 9.59 Å². The lowest BCUT2D eigenvalue weighted by Gasteiger charge is -2.63. The summed E-state index contributed by atoms with van der Waals surface area (Å²) >= 11 is 2.46. The maximum Gasteiger partial charge on any atom is 0.153 e. The van der Waals surface area contributed by atoms with E-state index in [1.807, 2.05) is 0 Å². The highest BCUT2D eigenvalue weighted by Crippen LogP contribution is 2.85. The third-order valence-electron chi connectivity index (χ3n) is 11.8. The molecule has 0 saturated heterocycles. The summed E-state index contributed by atoms with van der Waals surface area (Å²) in [5.74, 6) is 4.08. The van der Waals surface area contributed by atoms with E-state index in [-0.39, 0.29) is 20.2 Å². The largest absolute Gasteiger partial charge is 0.299 e. The van der Waals surface area contributed by atoms with Crippen LogP contribution in [-0.2, 0) is 9.59 Å². The van der Waals surface area contributed by atoms with Gasteiger partial charge in [0.1, 0.15) is 5.78 Å². The minimum atomic E-state index is -0.434. The monoisotopic (exact) mass is 536 g/mol. The molecule has 5 aliphatic rings. The third kappa shape index (κ3) is 2.46. The number of hydrogen-bond donors (Lipinski definition) is 0. The second kappa shape index (κ2) is 6.92. The minimum Gasteiger partial charge on any atom is -0.299 e. The van der Waals surface area contributed by atoms with Crippen molar-refractivity contribution in [1.29, 1.82) is 0 Å². The highest BCUT2D eigenvalue weighted by molar-refractivity contribution is 14.1. The Hall–Kier alpha value is -0.190. The van der Waals surface area contributed by atoms with Gasteiger partial charge in [-0.15, -0.1) is 0 Å². The van der Waals surface area contributed by atoms with Gasteiger partial charge >= 0.3 is 0 Å². The van der Waals surface area contributed by atoms with E-state index < -0.39 is 5.41 Å². The third-order valence-corrected chi connectivity index (χ3v) is 13.3. The lowest BCUT2D eigenvalue weighted by Crippen LogP contribution is -2.68. The van der Waals surface area contributed by atoms with Crippen LogP contribution >= 0.6 is 22.6 Å². The van der Waals surface area contributed by atoms with Gasteiger partial charge in [0, 0.05) is 11.8 Å². The first kappa shape index (κ1) is 22.6. The molecule has 0 heterocycles. The molecule has 0 aromatic carbocycles. The van der Waals surface area contributed by atoms with Gasteiger partial charge in [-0.25, -0.2) is 0 Å². The number of rotatable bonds is 4. The van der Waals surface area contributed by atoms with Crippen molar-refractivity contribution in [2.45, 2.75) is 90.4 Å². The summed E-state index contributed by atoms with van der Waals surface area (Å²) in [5.41, 5.74) is -0.518. The number of hydrogen-bond acceptors (Lipinski definition) is 2. The topological polar surface area (TPSA) is 34.1 Å². The van der Waals surface area contributed by atoms with Gasteiger partial charge in [0.2, 0.25) is 0 Å². The van der Waals surface area contributed by atoms with E-state index in [1.165, 1.54) is 6.42 Å². The van der Waals surface area contributed by atoms with Crippen molar-refractivity contribution < 1.29 is 9.59 Å². The number of Topliss-reactive ketones (excluding diaryl/α,β-unsaturated/α-hetero) is 2. The lowest BCUT2D eigenvalue weighted by molar-refractivity contribution is -0.174. The highest BCUT2D eigenvalue weighted by Gasteiger charge is 2.85. The van der Waals surface area contributed by atoms with Crippen LogP contribution in [0.25, 0.3) is 0 Å². The predicted octanol–water partition coefficient (Wildman–Crippen LogP) is 7.05. The fourth-order valence-electron chi connectivity index (χ4n) is 9.65. The Bertz CT molecular complexity index is 846. The van der Waals surface area contributed by atoms with Crippen LogP contribution in [0.3, 0.4) is 0 Å². The maximum atomic E-state index is 14.0. The van der Waals surface area contributed by atoms with Crippen LogP contribution in [-0.4, -0.2) is 15.5 Å². The predicted molar refractivity (Wildman–Crippen MR) is 134 cm³/mol. The molecule has 10 atom stereocenters. The van der Waals surface area contributed by atoms with Gasteiger partial charge in [-0.05, 0) is 84.9 Å². The van der Waals surface area contributed by atoms with Crippen LogP contribution in [0.2, 0.25) is 0 Å². The summed E-state index contributed by atoms with van der Waals surface area (Å²) in [5, 5.41) is 0. The quantitative estimate of drug-likeness (QED) is 0.219. The fourth-order valence-corrected chi connectivity index (χ4v) is 11.7. The smallest absolute Gasteiger partial charge is 0.153 e. The number of fused-ring (bicyclic) bond motifs is 1. The van der Waals surface area contributed by atoms with Crippen molar-refractivity contribution in [2.75, 3.05) is 0 Å². The summed E-state index contributed by atoms with van der Waals surface area (Å²) < 4.78 is -0.125. The molecule has 5 rings (SSSR count). The number of alkyl halides is 1. The fraction of sp³-hybridized carbons (Fsp3) is 0.857. The molecule has 5 aliphatic carbocycles. The standard InChI is InChI=1S/C28H41IO2/c1-16(2)17(3)7-8-18(4)20-9-10-22(30)28-21(12-14-25(20,28)5)26(6)13-11-19-15-27(19,26)24(31)23(28)29/h7-8,16-21,23H,9-15H2,1-6H3/b8-7+/t17-,18+,19+,20+,21+,23+,25+,26+,27-,28-/m0/s1. The average Bonchev–Trinajstić information content (AvgIpc) is 3.26. The van der Waals surface area contributed by atoms with Crippen molar-refractivity contribution in [3.05, 3.63) is 12.2 Å². The summed E-state index contributed by atoms with van der Waals surface area (Å²) in [6.45, 7) is 14.1. The highest BCUT2D eigenvalue weighted by atomic mass is 127. The van der Waals surface area contributed by atoms with Crippen molar-refractivity contribution in [3.63, 3.8) is 0 Å². The first-order valence-electron chi connectivity index (χ1n) is 12.9. The van der Waals surface area contributed by atoms with E-state index in [0.717, 1.165) is 32.1 Å². The number of halogens is 1. The molecular formula is C28H41IO2. The second-order valence-corrected chi connectivity index (χ2v) is 14.1. The SMILES string of the molecule is CC(C)[C@@H](C)/C=C/[C@@H](C)[C@H]1CCC(=O)[C@]23[C@H](I)C(=O)[C@]45C[C@H]4CC[C@]5(C)[C@H]2CC[C@]13C. The van der Waals surface area contributed by atoms with Crippen LogP contribution in [0, 0.1) is 57.2 Å². The van der Waals surface area contributed by atoms with Crippen molar-refractivity contribution in [3.8, 4) is 0 Å². The Balaban J connectivity index is 1.57. The molecule has 31 heavy (non-hydrogen) atoms. The first-order chi connectivity index (χ1) is 14.5. The van der Waals surface area contributed by atoms with Crippen LogP contribution < -0.4 is 0 Å². The molecule has 3 heteroatoms. The van der Waals surface area contributed by atoms with Gasteiger partial charge in [-0.3, -0.25) is 9.59 Å². The van der Waals surface area contributed by atoms with Gasteiger partial charge in [0.25, 0.3) is 0 Å². The molecule has 5 fully saturated rings. The molecule has 0 radical (unpaired) electrons. The molecule has 0 bridgehead atoms. The first-order valence-corrected chi connectivity index (χ1v) is 14.1. The van der Waals surface area contributed by atoms with E-state index in [0.29, 0.717) is 53.5 Å². The van der Waals surface area contributed by atoms with Crippen molar-refractivity contribution >= 4 is 34.2 Å². The molecule has 0 amide bonds. The number of allylic oxidation sites excluding steroid dienone is 2. The maximum absolute atomic E-state index is 14.0. The normalized spacial score (nSPS) is 52.6. The van der Waals surface area contributed by atoms with E-state index in [4.69, 9.17) is 0 Å². The number of carbonyl (C=O) groups is 2. The Morgan fingerprint density at radius 3 is 2.29 bits per heavy atom. The zero-order valence-corrected chi connectivity index (χ0v) is 22.5. The lowest BCUT2D eigenvalue weighted by atomic mass is 9.40. The molecule has 5 saturated carbocycles. The second-order valence-electron chi connectivity index (χ2n) is 12.8. The molecule has 0 aliphatic heterocycles. The summed E-state index contributed by atoms with van der Waals surface area (Å²) in [6, 6.07) is 0. The zero-order chi connectivity index (χ0) is 22.6. The number of ketones is 2. The van der Waals surface area contributed by atoms with Crippen LogP contribution in [0.5, 0.6) is 0 Å². The van der Waals surface area contributed by atoms with Gasteiger partial charge < -0.3 is 0 Å². The summed E-state index contributed by atoms with van der Waals surface area (Å²) in [7, 11) is 0. The Labute approximate surface area is 202 Å². The zero-order valence-electron chi connectivity index (χ0n) is 20.3. The average molecular weight is 537 g/mol. The van der Waals surface area contributed by atoms with Crippen LogP contribution in [0.15, 0.2) is 12.2 Å². The molecule has 0 unspecified atom stereocenters. The number of carbonyl (C=O) groups excluding carboxylic acids is 2. The summed E-state index contributed by atoms with van der Waals surface area (Å²) in [4.78, 5) is 28.0. The van der Waals surface area contributed by atoms with Crippen LogP contribution in [0.1, 0.15) is 86.5 Å². The molecule has 172 valence electrons. The molecule has 0 aromatic rings. The van der Waals surface area contributed by atoms with E-state index in [1.54, 1.807) is 0 Å². The molecule has 0 N–H and O–H groups in total. The summed E-state index contributed by atoms with van der Waals surface area (Å²) in [6.07, 6.45) is 12.3.